The van der Waals surface area contributed by atoms with Crippen LogP contribution in [-0.4, -0.2) is 49.1 Å². The predicted octanol–water partition coefficient (Wildman–Crippen LogP) is 4.21. The van der Waals surface area contributed by atoms with Gasteiger partial charge in [-0.05, 0) is 76.1 Å². The van der Waals surface area contributed by atoms with Gasteiger partial charge in [0.15, 0.2) is 0 Å². The summed E-state index contributed by atoms with van der Waals surface area (Å²) in [4.78, 5) is 4.91. The van der Waals surface area contributed by atoms with Gasteiger partial charge in [0, 0.05) is 11.1 Å². The number of nitrogens with zero attached hydrogens (tertiary/aromatic N) is 2. The molecule has 2 aliphatic rings. The molecule has 2 saturated heterocycles. The number of likely N-dealkylation sites (tertiary alicyclic amines) is 2. The van der Waals surface area contributed by atoms with Crippen LogP contribution in [-0.2, 0) is 0 Å². The molecule has 0 atom stereocenters. The zero-order valence-corrected chi connectivity index (χ0v) is 17.1. The number of hydrogen-bond donors (Lipinski definition) is 0. The molecule has 0 bridgehead atoms. The zero-order valence-electron chi connectivity index (χ0n) is 15.5. The maximum atomic E-state index is 3.31. The summed E-state index contributed by atoms with van der Waals surface area (Å²) in [6, 6.07) is 8.37. The monoisotopic (exact) mass is 392 g/mol. The lowest BCUT2D eigenvalue weighted by Crippen LogP contribution is -2.29. The summed E-state index contributed by atoms with van der Waals surface area (Å²) in [5, 5.41) is 0. The van der Waals surface area contributed by atoms with Crippen LogP contribution in [0.15, 0.2) is 24.3 Å². The van der Waals surface area contributed by atoms with Gasteiger partial charge in [-0.15, -0.1) is 24.8 Å². The maximum absolute atomic E-state index is 3.31. The van der Waals surface area contributed by atoms with Gasteiger partial charge in [-0.25, -0.2) is 0 Å². The summed E-state index contributed by atoms with van der Waals surface area (Å²) in [5.41, 5.74) is 2.18. The number of halogens is 2. The number of rotatable bonds is 2. The summed E-state index contributed by atoms with van der Waals surface area (Å²) < 4.78 is 0. The van der Waals surface area contributed by atoms with E-state index in [9.17, 15) is 0 Å². The molecule has 2 aliphatic heterocycles. The molecule has 2 fully saturated rings. The Bertz CT molecular complexity index is 565. The van der Waals surface area contributed by atoms with E-state index in [1.807, 2.05) is 0 Å². The molecule has 0 N–H and O–H groups in total. The van der Waals surface area contributed by atoms with Gasteiger partial charge in [-0.1, -0.05) is 36.5 Å². The van der Waals surface area contributed by atoms with Crippen molar-refractivity contribution in [3.63, 3.8) is 0 Å². The van der Waals surface area contributed by atoms with Crippen molar-refractivity contribution in [2.45, 2.75) is 38.5 Å². The van der Waals surface area contributed by atoms with E-state index in [0.717, 1.165) is 24.2 Å². The molecule has 0 spiro atoms. The molecule has 1 aromatic rings. The van der Waals surface area contributed by atoms with Crippen molar-refractivity contribution < 1.29 is 0 Å². The molecule has 0 saturated carbocycles. The van der Waals surface area contributed by atoms with Gasteiger partial charge in [-0.3, -0.25) is 9.80 Å². The average Bonchev–Trinajstić information content (AvgIpc) is 2.65. The van der Waals surface area contributed by atoms with Crippen LogP contribution < -0.4 is 0 Å². The molecule has 2 nitrogen and oxygen atoms in total. The van der Waals surface area contributed by atoms with Gasteiger partial charge in [0.2, 0.25) is 0 Å². The Hall–Kier alpha value is -1.16. The van der Waals surface area contributed by atoms with Crippen LogP contribution in [0, 0.1) is 23.7 Å². The summed E-state index contributed by atoms with van der Waals surface area (Å²) >= 11 is 0. The fourth-order valence-corrected chi connectivity index (χ4v) is 3.38. The third kappa shape index (κ3) is 8.03. The Morgan fingerprint density at radius 3 is 1.27 bits per heavy atom. The number of hydrogen-bond acceptors (Lipinski definition) is 2. The smallest absolute Gasteiger partial charge is 0.0605 e. The van der Waals surface area contributed by atoms with Crippen LogP contribution in [0.4, 0.5) is 0 Å². The van der Waals surface area contributed by atoms with Gasteiger partial charge < -0.3 is 0 Å². The minimum atomic E-state index is 0. The topological polar surface area (TPSA) is 6.48 Å². The van der Waals surface area contributed by atoms with Gasteiger partial charge in [0.25, 0.3) is 0 Å². The Balaban J connectivity index is 0.00000169. The lowest BCUT2D eigenvalue weighted by Gasteiger charge is -2.23. The van der Waals surface area contributed by atoms with Crippen molar-refractivity contribution in [3.05, 3.63) is 35.4 Å². The van der Waals surface area contributed by atoms with Crippen molar-refractivity contribution in [1.29, 1.82) is 0 Å². The molecule has 0 aromatic heterocycles. The first-order chi connectivity index (χ1) is 11.9. The highest BCUT2D eigenvalue weighted by Crippen LogP contribution is 2.08. The van der Waals surface area contributed by atoms with E-state index < -0.39 is 0 Å². The van der Waals surface area contributed by atoms with E-state index in [1.54, 1.807) is 0 Å². The fraction of sp³-hybridized carbons (Fsp3) is 0.545. The Morgan fingerprint density at radius 1 is 0.577 bits per heavy atom. The van der Waals surface area contributed by atoms with Crippen molar-refractivity contribution in [1.82, 2.24) is 9.80 Å². The van der Waals surface area contributed by atoms with Crippen LogP contribution >= 0.6 is 24.8 Å². The van der Waals surface area contributed by atoms with Crippen molar-refractivity contribution in [3.8, 4) is 23.7 Å². The first-order valence-corrected chi connectivity index (χ1v) is 9.43. The highest BCUT2D eigenvalue weighted by Gasteiger charge is 2.08. The molecule has 26 heavy (non-hydrogen) atoms. The van der Waals surface area contributed by atoms with E-state index in [1.165, 1.54) is 64.7 Å². The molecule has 4 heteroatoms. The van der Waals surface area contributed by atoms with E-state index in [-0.39, 0.29) is 24.8 Å². The first kappa shape index (κ1) is 22.9. The van der Waals surface area contributed by atoms with E-state index in [0.29, 0.717) is 0 Å². The largest absolute Gasteiger partial charge is 0.292 e. The third-order valence-corrected chi connectivity index (χ3v) is 4.85. The lowest BCUT2D eigenvalue weighted by atomic mass is 10.1. The number of piperidine rings is 2. The fourth-order valence-electron chi connectivity index (χ4n) is 3.38. The standard InChI is InChI=1S/C22H28N2.2ClH/c1-3-15-23(16-4-1)19-7-9-21-11-13-22(14-12-21)10-8-20-24-17-5-2-6-18-24;;/h11-14H,1-6,15-20H2;2*1H. The lowest BCUT2D eigenvalue weighted by molar-refractivity contribution is 0.255. The molecular weight excluding hydrogens is 363 g/mol. The minimum absolute atomic E-state index is 0. The molecule has 3 rings (SSSR count). The molecule has 0 unspecified atom stereocenters. The maximum Gasteiger partial charge on any atom is 0.0605 e. The summed E-state index contributed by atoms with van der Waals surface area (Å²) in [5.74, 6) is 13.2. The number of benzene rings is 1. The Morgan fingerprint density at radius 2 is 0.923 bits per heavy atom. The van der Waals surface area contributed by atoms with E-state index in [4.69, 9.17) is 0 Å². The summed E-state index contributed by atoms with van der Waals surface area (Å²) in [6.07, 6.45) is 8.06. The van der Waals surface area contributed by atoms with Crippen LogP contribution in [0.25, 0.3) is 0 Å². The average molecular weight is 393 g/mol. The van der Waals surface area contributed by atoms with Crippen LogP contribution in [0.2, 0.25) is 0 Å². The normalized spacial score (nSPS) is 17.5. The molecule has 0 radical (unpaired) electrons. The highest BCUT2D eigenvalue weighted by atomic mass is 35.5. The van der Waals surface area contributed by atoms with Gasteiger partial charge in [0.05, 0.1) is 13.1 Å². The highest BCUT2D eigenvalue weighted by molar-refractivity contribution is 5.85. The SMILES string of the molecule is C(#Cc1ccc(C#CCN2CCCCC2)cc1)CN1CCCCC1.Cl.Cl. The van der Waals surface area contributed by atoms with E-state index in [2.05, 4.69) is 57.7 Å². The van der Waals surface area contributed by atoms with Crippen molar-refractivity contribution in [2.24, 2.45) is 0 Å². The molecule has 1 aromatic carbocycles. The second-order valence-corrected chi connectivity index (χ2v) is 6.85. The van der Waals surface area contributed by atoms with Crippen LogP contribution in [0.1, 0.15) is 49.7 Å². The second kappa shape index (κ2) is 13.1. The van der Waals surface area contributed by atoms with Crippen LogP contribution in [0.3, 0.4) is 0 Å². The van der Waals surface area contributed by atoms with Gasteiger partial charge in [0.1, 0.15) is 0 Å². The summed E-state index contributed by atoms with van der Waals surface area (Å²) in [6.45, 7) is 6.63. The van der Waals surface area contributed by atoms with Gasteiger partial charge in [-0.2, -0.15) is 0 Å². The third-order valence-electron chi connectivity index (χ3n) is 4.85. The van der Waals surface area contributed by atoms with Crippen molar-refractivity contribution >= 4 is 24.8 Å². The molecule has 0 amide bonds. The molecule has 2 heterocycles. The minimum Gasteiger partial charge on any atom is -0.292 e. The van der Waals surface area contributed by atoms with Crippen molar-refractivity contribution in [2.75, 3.05) is 39.3 Å². The molecular formula is C22H30Cl2N2. The summed E-state index contributed by atoms with van der Waals surface area (Å²) in [7, 11) is 0. The molecule has 142 valence electrons. The quantitative estimate of drug-likeness (QED) is 0.695. The predicted molar refractivity (Wildman–Crippen MR) is 115 cm³/mol. The zero-order chi connectivity index (χ0) is 16.5. The van der Waals surface area contributed by atoms with E-state index >= 15 is 0 Å². The Kier molecular flexibility index (Phi) is 11.5. The second-order valence-electron chi connectivity index (χ2n) is 6.85. The van der Waals surface area contributed by atoms with Crippen LogP contribution in [0.5, 0.6) is 0 Å². The van der Waals surface area contributed by atoms with Gasteiger partial charge >= 0.3 is 0 Å². The Labute approximate surface area is 171 Å². The molecule has 0 aliphatic carbocycles. The first-order valence-electron chi connectivity index (χ1n) is 9.43.